The molecule has 6 heteroatoms. The number of thioether (sulfide) groups is 1. The van der Waals surface area contributed by atoms with Crippen molar-refractivity contribution in [2.75, 3.05) is 7.11 Å². The summed E-state index contributed by atoms with van der Waals surface area (Å²) in [5.74, 6) is -0.894. The number of methoxy groups -OCH3 is 1. The van der Waals surface area contributed by atoms with Gasteiger partial charge in [-0.2, -0.15) is 0 Å². The van der Waals surface area contributed by atoms with E-state index in [0.29, 0.717) is 11.3 Å². The van der Waals surface area contributed by atoms with Gasteiger partial charge in [0.05, 0.1) is 17.3 Å². The van der Waals surface area contributed by atoms with Crippen LogP contribution in [-0.4, -0.2) is 23.8 Å². The first-order valence-electron chi connectivity index (χ1n) is 6.88. The van der Waals surface area contributed by atoms with Crippen LogP contribution >= 0.6 is 23.1 Å². The number of ketones is 1. The van der Waals surface area contributed by atoms with Gasteiger partial charge < -0.3 is 4.74 Å². The fourth-order valence-electron chi connectivity index (χ4n) is 2.12. The molecule has 0 saturated carbocycles. The molecule has 0 N–H and O–H groups in total. The minimum atomic E-state index is -0.845. The Morgan fingerprint density at radius 1 is 1.13 bits per heavy atom. The van der Waals surface area contributed by atoms with Crippen LogP contribution in [0.5, 0.6) is 0 Å². The van der Waals surface area contributed by atoms with E-state index in [9.17, 15) is 9.59 Å². The predicted molar refractivity (Wildman–Crippen MR) is 92.0 cm³/mol. The van der Waals surface area contributed by atoms with Gasteiger partial charge in [0.25, 0.3) is 5.78 Å². The monoisotopic (exact) mass is 343 g/mol. The van der Waals surface area contributed by atoms with Crippen LogP contribution in [0, 0.1) is 0 Å². The van der Waals surface area contributed by atoms with Crippen molar-refractivity contribution in [3.8, 4) is 0 Å². The molecule has 0 fully saturated rings. The van der Waals surface area contributed by atoms with Crippen molar-refractivity contribution in [3.63, 3.8) is 0 Å². The molecule has 3 rings (SSSR count). The number of hydrogen-bond acceptors (Lipinski definition) is 6. The third-order valence-corrected chi connectivity index (χ3v) is 5.49. The summed E-state index contributed by atoms with van der Waals surface area (Å²) in [7, 11) is 1.21. The zero-order valence-electron chi connectivity index (χ0n) is 12.3. The topological polar surface area (TPSA) is 56.3 Å². The van der Waals surface area contributed by atoms with E-state index in [1.165, 1.54) is 7.11 Å². The number of para-hydroxylation sites is 1. The molecule has 0 atom stereocenters. The maximum Gasteiger partial charge on any atom is 0.379 e. The van der Waals surface area contributed by atoms with E-state index in [-0.39, 0.29) is 0 Å². The number of nitrogens with zero attached hydrogens (tertiary/aromatic N) is 1. The van der Waals surface area contributed by atoms with E-state index in [4.69, 9.17) is 0 Å². The van der Waals surface area contributed by atoms with Crippen LogP contribution in [0.2, 0.25) is 0 Å². The van der Waals surface area contributed by atoms with Crippen LogP contribution in [0.25, 0.3) is 10.2 Å². The van der Waals surface area contributed by atoms with Gasteiger partial charge in [0.15, 0.2) is 4.34 Å². The molecule has 0 bridgehead atoms. The van der Waals surface area contributed by atoms with E-state index in [1.807, 2.05) is 36.4 Å². The first-order chi connectivity index (χ1) is 11.2. The van der Waals surface area contributed by atoms with Gasteiger partial charge in [-0.1, -0.05) is 48.2 Å². The lowest BCUT2D eigenvalue weighted by Crippen LogP contribution is -2.17. The number of Topliss-reactive ketones (excluding diaryl/α,β-unsaturated/α-hetero) is 1. The van der Waals surface area contributed by atoms with Crippen molar-refractivity contribution in [1.82, 2.24) is 4.98 Å². The van der Waals surface area contributed by atoms with Crippen molar-refractivity contribution in [2.45, 2.75) is 10.1 Å². The molecule has 1 heterocycles. The number of rotatable bonds is 5. The van der Waals surface area contributed by atoms with Crippen molar-refractivity contribution in [3.05, 3.63) is 59.7 Å². The third-order valence-electron chi connectivity index (χ3n) is 3.26. The number of aromatic nitrogens is 1. The Morgan fingerprint density at radius 2 is 1.87 bits per heavy atom. The Labute approximate surface area is 141 Å². The second-order valence-corrected chi connectivity index (χ2v) is 6.97. The first kappa shape index (κ1) is 15.7. The molecule has 0 amide bonds. The number of benzene rings is 2. The summed E-state index contributed by atoms with van der Waals surface area (Å²) in [6.45, 7) is 0. The highest BCUT2D eigenvalue weighted by Gasteiger charge is 2.19. The van der Waals surface area contributed by atoms with E-state index in [1.54, 1.807) is 35.2 Å². The van der Waals surface area contributed by atoms with Gasteiger partial charge in [-0.05, 0) is 17.7 Å². The van der Waals surface area contributed by atoms with Crippen LogP contribution in [0.4, 0.5) is 0 Å². The normalized spacial score (nSPS) is 10.7. The second-order valence-electron chi connectivity index (χ2n) is 4.71. The minimum absolute atomic E-state index is 0.382. The van der Waals surface area contributed by atoms with Crippen LogP contribution in [0.15, 0.2) is 52.9 Å². The van der Waals surface area contributed by atoms with Gasteiger partial charge in [-0.15, -0.1) is 11.3 Å². The molecule has 23 heavy (non-hydrogen) atoms. The molecule has 0 aliphatic carbocycles. The Morgan fingerprint density at radius 3 is 2.65 bits per heavy atom. The number of carbonyl (C=O) groups is 2. The number of ether oxygens (including phenoxy) is 1. The standard InChI is InChI=1S/C17H13NO3S2/c1-21-16(20)15(19)12-7-3-2-6-11(12)10-22-17-18-13-8-4-5-9-14(13)23-17/h2-9H,10H2,1H3. The van der Waals surface area contributed by atoms with Crippen LogP contribution in [0.3, 0.4) is 0 Å². The number of esters is 1. The molecule has 2 aromatic carbocycles. The van der Waals surface area contributed by atoms with Gasteiger partial charge in [0, 0.05) is 11.3 Å². The summed E-state index contributed by atoms with van der Waals surface area (Å²) >= 11 is 3.17. The van der Waals surface area contributed by atoms with Gasteiger partial charge >= 0.3 is 5.97 Å². The average Bonchev–Trinajstić information content (AvgIpc) is 3.01. The van der Waals surface area contributed by atoms with Gasteiger partial charge in [0.2, 0.25) is 0 Å². The predicted octanol–water partition coefficient (Wildman–Crippen LogP) is 3.94. The van der Waals surface area contributed by atoms with Gasteiger partial charge in [-0.25, -0.2) is 9.78 Å². The highest BCUT2D eigenvalue weighted by atomic mass is 32.2. The maximum absolute atomic E-state index is 12.1. The first-order valence-corrected chi connectivity index (χ1v) is 8.68. The molecule has 0 saturated heterocycles. The second kappa shape index (κ2) is 6.93. The smallest absolute Gasteiger partial charge is 0.379 e. The lowest BCUT2D eigenvalue weighted by atomic mass is 10.1. The summed E-state index contributed by atoms with van der Waals surface area (Å²) in [4.78, 5) is 28.1. The fraction of sp³-hybridized carbons (Fsp3) is 0.118. The number of carbonyl (C=O) groups excluding carboxylic acids is 2. The van der Waals surface area contributed by atoms with E-state index < -0.39 is 11.8 Å². The molecule has 0 aliphatic heterocycles. The van der Waals surface area contributed by atoms with E-state index >= 15 is 0 Å². The van der Waals surface area contributed by atoms with Crippen molar-refractivity contribution < 1.29 is 14.3 Å². The lowest BCUT2D eigenvalue weighted by molar-refractivity contribution is -0.135. The molecule has 0 unspecified atom stereocenters. The quantitative estimate of drug-likeness (QED) is 0.304. The van der Waals surface area contributed by atoms with E-state index in [0.717, 1.165) is 20.1 Å². The zero-order valence-corrected chi connectivity index (χ0v) is 13.9. The Hall–Kier alpha value is -2.18. The zero-order chi connectivity index (χ0) is 16.2. The average molecular weight is 343 g/mol. The SMILES string of the molecule is COC(=O)C(=O)c1ccccc1CSc1nc2ccccc2s1. The number of hydrogen-bond donors (Lipinski definition) is 0. The molecule has 116 valence electrons. The molecule has 0 spiro atoms. The molecule has 0 aliphatic rings. The van der Waals surface area contributed by atoms with Gasteiger partial charge in [0.1, 0.15) is 0 Å². The maximum atomic E-state index is 12.1. The molecule has 0 radical (unpaired) electrons. The van der Waals surface area contributed by atoms with Crippen LogP contribution in [0.1, 0.15) is 15.9 Å². The van der Waals surface area contributed by atoms with Crippen LogP contribution < -0.4 is 0 Å². The molecule has 3 aromatic rings. The third kappa shape index (κ3) is 3.43. The summed E-state index contributed by atoms with van der Waals surface area (Å²) in [5.41, 5.74) is 2.15. The summed E-state index contributed by atoms with van der Waals surface area (Å²) < 4.78 is 6.59. The highest BCUT2D eigenvalue weighted by Crippen LogP contribution is 2.32. The summed E-state index contributed by atoms with van der Waals surface area (Å²) in [6.07, 6.45) is 0. The van der Waals surface area contributed by atoms with Crippen molar-refractivity contribution in [2.24, 2.45) is 0 Å². The van der Waals surface area contributed by atoms with Crippen molar-refractivity contribution >= 4 is 45.1 Å². The minimum Gasteiger partial charge on any atom is -0.463 e. The molecule has 4 nitrogen and oxygen atoms in total. The number of thiazole rings is 1. The summed E-state index contributed by atoms with van der Waals surface area (Å²) in [5, 5.41) is 0. The van der Waals surface area contributed by atoms with Crippen LogP contribution in [-0.2, 0) is 15.3 Å². The lowest BCUT2D eigenvalue weighted by Gasteiger charge is -2.06. The largest absolute Gasteiger partial charge is 0.463 e. The van der Waals surface area contributed by atoms with E-state index in [2.05, 4.69) is 9.72 Å². The Kier molecular flexibility index (Phi) is 4.73. The fourth-order valence-corrected chi connectivity index (χ4v) is 4.20. The molecular weight excluding hydrogens is 330 g/mol. The van der Waals surface area contributed by atoms with Crippen molar-refractivity contribution in [1.29, 1.82) is 0 Å². The van der Waals surface area contributed by atoms with Gasteiger partial charge in [-0.3, -0.25) is 4.79 Å². The molecule has 1 aromatic heterocycles. The summed E-state index contributed by atoms with van der Waals surface area (Å²) in [6, 6.07) is 15.0. The highest BCUT2D eigenvalue weighted by molar-refractivity contribution is 8.00. The molecular formula is C17H13NO3S2. The Bertz CT molecular complexity index is 840. The number of fused-ring (bicyclic) bond motifs is 1. The Balaban J connectivity index is 1.80.